The lowest BCUT2D eigenvalue weighted by molar-refractivity contribution is 0.283. The van der Waals surface area contributed by atoms with Crippen molar-refractivity contribution in [2.24, 2.45) is 0 Å². The van der Waals surface area contributed by atoms with E-state index >= 15 is 0 Å². The van der Waals surface area contributed by atoms with Gasteiger partial charge in [0.2, 0.25) is 10.0 Å². The minimum absolute atomic E-state index is 0.135. The zero-order valence-electron chi connectivity index (χ0n) is 8.46. The van der Waals surface area contributed by atoms with Gasteiger partial charge in [-0.25, -0.2) is 8.42 Å². The third-order valence-corrected chi connectivity index (χ3v) is 3.92. The maximum Gasteiger partial charge on any atom is 0.238 e. The monoisotopic (exact) mass is 227 g/mol. The van der Waals surface area contributed by atoms with Gasteiger partial charge in [0.05, 0.1) is 5.75 Å². The average molecular weight is 227 g/mol. The van der Waals surface area contributed by atoms with Gasteiger partial charge in [0, 0.05) is 5.56 Å². The van der Waals surface area contributed by atoms with Crippen LogP contribution < -0.4 is 0 Å². The molecule has 1 aliphatic heterocycles. The van der Waals surface area contributed by atoms with Crippen molar-refractivity contribution in [3.8, 4) is 0 Å². The molecule has 1 aromatic carbocycles. The molecular formula is C10H13NO3S. The number of benzene rings is 1. The minimum atomic E-state index is -3.22. The third kappa shape index (κ3) is 2.19. The highest BCUT2D eigenvalue weighted by atomic mass is 32.2. The zero-order chi connectivity index (χ0) is 10.9. The van der Waals surface area contributed by atoms with Crippen LogP contribution in [0.2, 0.25) is 0 Å². The third-order valence-electron chi connectivity index (χ3n) is 2.17. The molecule has 0 aromatic heterocycles. The Morgan fingerprint density at radius 2 is 2.00 bits per heavy atom. The SMILES string of the molecule is CCCS(=O)(=O)N1OC1c1ccccc1. The van der Waals surface area contributed by atoms with Crippen LogP contribution in [-0.2, 0) is 14.9 Å². The summed E-state index contributed by atoms with van der Waals surface area (Å²) in [6.07, 6.45) is 0.187. The van der Waals surface area contributed by atoms with Gasteiger partial charge in [-0.2, -0.15) is 0 Å². The topological polar surface area (TPSA) is 49.7 Å². The van der Waals surface area contributed by atoms with Gasteiger partial charge in [0.25, 0.3) is 0 Å². The van der Waals surface area contributed by atoms with Crippen molar-refractivity contribution >= 4 is 10.0 Å². The van der Waals surface area contributed by atoms with E-state index in [1.165, 1.54) is 0 Å². The van der Waals surface area contributed by atoms with Gasteiger partial charge in [0.1, 0.15) is 0 Å². The van der Waals surface area contributed by atoms with Crippen molar-refractivity contribution in [2.75, 3.05) is 5.75 Å². The summed E-state index contributed by atoms with van der Waals surface area (Å²) in [7, 11) is -3.22. The van der Waals surface area contributed by atoms with Crippen molar-refractivity contribution in [2.45, 2.75) is 19.6 Å². The first-order valence-electron chi connectivity index (χ1n) is 4.89. The normalized spacial score (nSPS) is 25.1. The summed E-state index contributed by atoms with van der Waals surface area (Å²) in [5.74, 6) is 0.135. The van der Waals surface area contributed by atoms with Crippen LogP contribution in [0, 0.1) is 0 Å². The average Bonchev–Trinajstić information content (AvgIpc) is 2.99. The highest BCUT2D eigenvalue weighted by Gasteiger charge is 2.47. The van der Waals surface area contributed by atoms with Crippen molar-refractivity contribution in [1.29, 1.82) is 0 Å². The van der Waals surface area contributed by atoms with Crippen LogP contribution in [-0.4, -0.2) is 18.6 Å². The van der Waals surface area contributed by atoms with Crippen LogP contribution in [0.4, 0.5) is 0 Å². The van der Waals surface area contributed by atoms with Gasteiger partial charge < -0.3 is 0 Å². The van der Waals surface area contributed by atoms with Crippen molar-refractivity contribution in [1.82, 2.24) is 4.47 Å². The summed E-state index contributed by atoms with van der Waals surface area (Å²) in [5.41, 5.74) is 0.872. The Labute approximate surface area is 89.5 Å². The number of hydroxylamine groups is 1. The number of hydrogen-bond donors (Lipinski definition) is 0. The van der Waals surface area contributed by atoms with Crippen LogP contribution >= 0.6 is 0 Å². The summed E-state index contributed by atoms with van der Waals surface area (Å²) in [6, 6.07) is 9.32. The van der Waals surface area contributed by atoms with Crippen LogP contribution in [0.15, 0.2) is 30.3 Å². The predicted molar refractivity (Wildman–Crippen MR) is 56.2 cm³/mol. The molecule has 1 saturated heterocycles. The second-order valence-corrected chi connectivity index (χ2v) is 5.37. The van der Waals surface area contributed by atoms with Gasteiger partial charge in [-0.15, -0.1) is 0 Å². The van der Waals surface area contributed by atoms with Crippen LogP contribution in [0.5, 0.6) is 0 Å². The molecule has 2 atom stereocenters. The Bertz CT molecular complexity index is 429. The fraction of sp³-hybridized carbons (Fsp3) is 0.400. The van der Waals surface area contributed by atoms with E-state index in [1.54, 1.807) is 0 Å². The van der Waals surface area contributed by atoms with E-state index in [2.05, 4.69) is 0 Å². The molecule has 0 radical (unpaired) electrons. The Morgan fingerprint density at radius 3 is 2.60 bits per heavy atom. The fourth-order valence-corrected chi connectivity index (χ4v) is 2.75. The van der Waals surface area contributed by atoms with Gasteiger partial charge in [-0.3, -0.25) is 4.84 Å². The Kier molecular flexibility index (Phi) is 2.77. The second kappa shape index (κ2) is 3.92. The Hall–Kier alpha value is -0.910. The molecule has 5 heteroatoms. The predicted octanol–water partition coefficient (Wildman–Crippen LogP) is 1.67. The van der Waals surface area contributed by atoms with E-state index in [-0.39, 0.29) is 5.75 Å². The number of rotatable bonds is 4. The smallest absolute Gasteiger partial charge is 0.238 e. The summed E-state index contributed by atoms with van der Waals surface area (Å²) >= 11 is 0. The van der Waals surface area contributed by atoms with Crippen LogP contribution in [0.25, 0.3) is 0 Å². The lowest BCUT2D eigenvalue weighted by Gasteiger charge is -1.99. The molecule has 1 heterocycles. The summed E-state index contributed by atoms with van der Waals surface area (Å²) in [5, 5.41) is 0. The molecule has 4 nitrogen and oxygen atoms in total. The minimum Gasteiger partial charge on any atom is -0.254 e. The van der Waals surface area contributed by atoms with Crippen molar-refractivity contribution in [3.63, 3.8) is 0 Å². The quantitative estimate of drug-likeness (QED) is 0.735. The molecule has 2 rings (SSSR count). The lowest BCUT2D eigenvalue weighted by Crippen LogP contribution is -2.15. The molecule has 1 aromatic rings. The molecule has 1 aliphatic rings. The van der Waals surface area contributed by atoms with Crippen molar-refractivity contribution in [3.05, 3.63) is 35.9 Å². The molecule has 15 heavy (non-hydrogen) atoms. The molecule has 2 unspecified atom stereocenters. The van der Waals surface area contributed by atoms with Gasteiger partial charge in [-0.05, 0) is 10.9 Å². The standard InChI is InChI=1S/C10H13NO3S/c1-2-8-15(12,13)11-10(14-11)9-6-4-3-5-7-9/h3-7,10H,2,8H2,1H3. The lowest BCUT2D eigenvalue weighted by atomic mass is 10.2. The maximum absolute atomic E-state index is 11.6. The number of sulfonamides is 1. The fourth-order valence-electron chi connectivity index (χ4n) is 1.43. The van der Waals surface area contributed by atoms with Crippen molar-refractivity contribution < 1.29 is 13.3 Å². The van der Waals surface area contributed by atoms with E-state index in [0.717, 1.165) is 10.0 Å². The summed E-state index contributed by atoms with van der Waals surface area (Å²) in [4.78, 5) is 5.07. The Balaban J connectivity index is 2.09. The largest absolute Gasteiger partial charge is 0.254 e. The summed E-state index contributed by atoms with van der Waals surface area (Å²) in [6.45, 7) is 1.83. The molecule has 0 spiro atoms. The maximum atomic E-state index is 11.6. The highest BCUT2D eigenvalue weighted by Crippen LogP contribution is 2.39. The molecule has 0 bridgehead atoms. The molecule has 82 valence electrons. The molecule has 0 aliphatic carbocycles. The van der Waals surface area contributed by atoms with E-state index in [4.69, 9.17) is 4.84 Å². The van der Waals surface area contributed by atoms with Gasteiger partial charge in [0.15, 0.2) is 6.23 Å². The number of nitrogens with zero attached hydrogens (tertiary/aromatic N) is 1. The molecule has 0 amide bonds. The van der Waals surface area contributed by atoms with Gasteiger partial charge in [-0.1, -0.05) is 37.3 Å². The summed E-state index contributed by atoms with van der Waals surface area (Å²) < 4.78 is 24.2. The van der Waals surface area contributed by atoms with E-state index in [1.807, 2.05) is 37.3 Å². The molecule has 1 fully saturated rings. The number of hydrogen-bond acceptors (Lipinski definition) is 3. The van der Waals surface area contributed by atoms with E-state index < -0.39 is 16.3 Å². The second-order valence-electron chi connectivity index (χ2n) is 3.44. The van der Waals surface area contributed by atoms with Crippen LogP contribution in [0.3, 0.4) is 0 Å². The zero-order valence-corrected chi connectivity index (χ0v) is 9.28. The van der Waals surface area contributed by atoms with E-state index in [0.29, 0.717) is 6.42 Å². The first kappa shape index (κ1) is 10.6. The first-order valence-corrected chi connectivity index (χ1v) is 6.50. The Morgan fingerprint density at radius 1 is 1.33 bits per heavy atom. The highest BCUT2D eigenvalue weighted by molar-refractivity contribution is 7.89. The van der Waals surface area contributed by atoms with E-state index in [9.17, 15) is 8.42 Å². The molecule has 0 saturated carbocycles. The first-order chi connectivity index (χ1) is 7.15. The van der Waals surface area contributed by atoms with Gasteiger partial charge >= 0.3 is 0 Å². The molecule has 0 N–H and O–H groups in total. The van der Waals surface area contributed by atoms with Crippen LogP contribution in [0.1, 0.15) is 25.1 Å². The molecular weight excluding hydrogens is 214 g/mol.